The Morgan fingerprint density at radius 3 is 2.67 bits per heavy atom. The van der Waals surface area contributed by atoms with E-state index in [9.17, 15) is 4.79 Å². The van der Waals surface area contributed by atoms with E-state index in [-0.39, 0.29) is 12.1 Å². The summed E-state index contributed by atoms with van der Waals surface area (Å²) >= 11 is 1.73. The molecular formula is C18H30N4OS. The highest BCUT2D eigenvalue weighted by atomic mass is 32.1. The molecule has 2 amide bonds. The number of carbonyl (C=O) groups excluding carboxylic acids is 1. The number of nitrogens with zero attached hydrogens (tertiary/aromatic N) is 2. The Bertz CT molecular complexity index is 493. The van der Waals surface area contributed by atoms with Gasteiger partial charge in [0, 0.05) is 38.8 Å². The number of rotatable bonds is 5. The van der Waals surface area contributed by atoms with E-state index in [1.807, 2.05) is 0 Å². The summed E-state index contributed by atoms with van der Waals surface area (Å²) in [4.78, 5) is 17.1. The van der Waals surface area contributed by atoms with Crippen molar-refractivity contribution < 1.29 is 4.79 Å². The zero-order chi connectivity index (χ0) is 16.8. The SMILES string of the molecule is CN1CCN([C@@H](CNC(=O)NC2CCCCC2)c2ccsc2)CC1. The van der Waals surface area contributed by atoms with Crippen molar-refractivity contribution in [3.8, 4) is 0 Å². The summed E-state index contributed by atoms with van der Waals surface area (Å²) in [5.74, 6) is 0. The number of nitrogens with one attached hydrogen (secondary N) is 2. The Morgan fingerprint density at radius 1 is 1.25 bits per heavy atom. The van der Waals surface area contributed by atoms with Gasteiger partial charge >= 0.3 is 6.03 Å². The fourth-order valence-corrected chi connectivity index (χ4v) is 4.44. The van der Waals surface area contributed by atoms with Crippen molar-refractivity contribution in [3.63, 3.8) is 0 Å². The summed E-state index contributed by atoms with van der Waals surface area (Å²) in [6.45, 7) is 4.98. The number of thiophene rings is 1. The van der Waals surface area contributed by atoms with Crippen molar-refractivity contribution in [2.45, 2.75) is 44.2 Å². The Morgan fingerprint density at radius 2 is 2.00 bits per heavy atom. The van der Waals surface area contributed by atoms with Gasteiger partial charge in [0.1, 0.15) is 0 Å². The van der Waals surface area contributed by atoms with E-state index in [1.54, 1.807) is 11.3 Å². The summed E-state index contributed by atoms with van der Waals surface area (Å²) < 4.78 is 0. The number of carbonyl (C=O) groups is 1. The lowest BCUT2D eigenvalue weighted by Crippen LogP contribution is -2.50. The van der Waals surface area contributed by atoms with Crippen molar-refractivity contribution in [2.24, 2.45) is 0 Å². The molecule has 1 aromatic rings. The largest absolute Gasteiger partial charge is 0.336 e. The molecule has 1 aromatic heterocycles. The van der Waals surface area contributed by atoms with Crippen LogP contribution in [0.1, 0.15) is 43.7 Å². The molecule has 2 heterocycles. The van der Waals surface area contributed by atoms with E-state index in [4.69, 9.17) is 0 Å². The number of urea groups is 1. The van der Waals surface area contributed by atoms with Gasteiger partial charge in [0.05, 0.1) is 6.04 Å². The quantitative estimate of drug-likeness (QED) is 0.858. The molecule has 0 bridgehead atoms. The molecule has 1 saturated heterocycles. The minimum Gasteiger partial charge on any atom is -0.336 e. The number of amides is 2. The van der Waals surface area contributed by atoms with Crippen LogP contribution in [0.3, 0.4) is 0 Å². The van der Waals surface area contributed by atoms with Gasteiger partial charge in [0.25, 0.3) is 0 Å². The number of piperazine rings is 1. The maximum absolute atomic E-state index is 12.3. The summed E-state index contributed by atoms with van der Waals surface area (Å²) in [5.41, 5.74) is 1.32. The normalized spacial score (nSPS) is 22.2. The highest BCUT2D eigenvalue weighted by Gasteiger charge is 2.25. The van der Waals surface area contributed by atoms with Crippen molar-refractivity contribution in [1.29, 1.82) is 0 Å². The lowest BCUT2D eigenvalue weighted by molar-refractivity contribution is 0.111. The van der Waals surface area contributed by atoms with E-state index in [2.05, 4.69) is 44.3 Å². The zero-order valence-corrected chi connectivity index (χ0v) is 15.5. The maximum Gasteiger partial charge on any atom is 0.315 e. The van der Waals surface area contributed by atoms with Gasteiger partial charge < -0.3 is 15.5 Å². The van der Waals surface area contributed by atoms with E-state index in [0.717, 1.165) is 39.0 Å². The second-order valence-electron chi connectivity index (χ2n) is 7.10. The van der Waals surface area contributed by atoms with Crippen LogP contribution < -0.4 is 10.6 Å². The third-order valence-electron chi connectivity index (χ3n) is 5.30. The van der Waals surface area contributed by atoms with Crippen LogP contribution in [0, 0.1) is 0 Å². The molecule has 6 heteroatoms. The Hall–Kier alpha value is -1.11. The molecule has 0 aromatic carbocycles. The van der Waals surface area contributed by atoms with Gasteiger partial charge in [-0.05, 0) is 42.3 Å². The third kappa shape index (κ3) is 4.94. The van der Waals surface area contributed by atoms with Gasteiger partial charge in [-0.25, -0.2) is 4.79 Å². The fourth-order valence-electron chi connectivity index (χ4n) is 3.73. The monoisotopic (exact) mass is 350 g/mol. The van der Waals surface area contributed by atoms with Crippen LogP contribution in [-0.2, 0) is 0 Å². The van der Waals surface area contributed by atoms with E-state index >= 15 is 0 Å². The average molecular weight is 351 g/mol. The summed E-state index contributed by atoms with van der Waals surface area (Å²) in [6.07, 6.45) is 6.04. The van der Waals surface area contributed by atoms with Gasteiger partial charge in [0.15, 0.2) is 0 Å². The van der Waals surface area contributed by atoms with Gasteiger partial charge in [0.2, 0.25) is 0 Å². The van der Waals surface area contributed by atoms with Crippen LogP contribution in [0.4, 0.5) is 4.79 Å². The Labute approximate surface area is 149 Å². The predicted molar refractivity (Wildman–Crippen MR) is 99.5 cm³/mol. The van der Waals surface area contributed by atoms with Crippen molar-refractivity contribution in [1.82, 2.24) is 20.4 Å². The molecule has 0 unspecified atom stereocenters. The Balaban J connectivity index is 1.53. The van der Waals surface area contributed by atoms with E-state index < -0.39 is 0 Å². The highest BCUT2D eigenvalue weighted by molar-refractivity contribution is 7.07. The molecule has 1 aliphatic carbocycles. The number of likely N-dealkylation sites (N-methyl/N-ethyl adjacent to an activating group) is 1. The van der Waals surface area contributed by atoms with Gasteiger partial charge in [-0.1, -0.05) is 19.3 Å². The predicted octanol–water partition coefficient (Wildman–Crippen LogP) is 2.67. The lowest BCUT2D eigenvalue weighted by atomic mass is 9.96. The minimum atomic E-state index is -0.00347. The fraction of sp³-hybridized carbons (Fsp3) is 0.722. The smallest absolute Gasteiger partial charge is 0.315 e. The first kappa shape index (κ1) is 17.7. The van der Waals surface area contributed by atoms with Crippen molar-refractivity contribution >= 4 is 17.4 Å². The highest BCUT2D eigenvalue weighted by Crippen LogP contribution is 2.23. The second kappa shape index (κ2) is 8.83. The summed E-state index contributed by atoms with van der Waals surface area (Å²) in [5, 5.41) is 10.6. The van der Waals surface area contributed by atoms with Crippen LogP contribution in [0.2, 0.25) is 0 Å². The van der Waals surface area contributed by atoms with Gasteiger partial charge in [-0.3, -0.25) is 4.90 Å². The van der Waals surface area contributed by atoms with Crippen LogP contribution >= 0.6 is 11.3 Å². The molecule has 3 rings (SSSR count). The molecule has 5 nitrogen and oxygen atoms in total. The lowest BCUT2D eigenvalue weighted by Gasteiger charge is -2.38. The molecule has 1 aliphatic heterocycles. The minimum absolute atomic E-state index is 0.00347. The first-order chi connectivity index (χ1) is 11.7. The van der Waals surface area contributed by atoms with Gasteiger partial charge in [-0.15, -0.1) is 0 Å². The van der Waals surface area contributed by atoms with Crippen LogP contribution in [0.5, 0.6) is 0 Å². The maximum atomic E-state index is 12.3. The molecule has 24 heavy (non-hydrogen) atoms. The zero-order valence-electron chi connectivity index (χ0n) is 14.7. The molecule has 2 aliphatic rings. The van der Waals surface area contributed by atoms with Crippen LogP contribution in [0.25, 0.3) is 0 Å². The van der Waals surface area contributed by atoms with Crippen LogP contribution in [0.15, 0.2) is 16.8 Å². The molecule has 134 valence electrons. The first-order valence-electron chi connectivity index (χ1n) is 9.21. The number of hydrogen-bond donors (Lipinski definition) is 2. The van der Waals surface area contributed by atoms with E-state index in [1.165, 1.54) is 24.8 Å². The average Bonchev–Trinajstić information content (AvgIpc) is 3.12. The molecule has 1 atom stereocenters. The van der Waals surface area contributed by atoms with Crippen molar-refractivity contribution in [3.05, 3.63) is 22.4 Å². The standard InChI is InChI=1S/C18H30N4OS/c1-21-8-10-22(11-9-21)17(15-7-12-24-14-15)13-19-18(23)20-16-5-3-2-4-6-16/h7,12,14,16-17H,2-6,8-11,13H2,1H3,(H2,19,20,23)/t17-/m0/s1. The molecular weight excluding hydrogens is 320 g/mol. The summed E-state index contributed by atoms with van der Waals surface area (Å²) in [7, 11) is 2.17. The number of hydrogen-bond acceptors (Lipinski definition) is 4. The summed E-state index contributed by atoms with van der Waals surface area (Å²) in [6, 6.07) is 2.83. The molecule has 2 N–H and O–H groups in total. The second-order valence-corrected chi connectivity index (χ2v) is 7.88. The Kier molecular flexibility index (Phi) is 6.51. The van der Waals surface area contributed by atoms with Crippen LogP contribution in [-0.4, -0.2) is 61.6 Å². The van der Waals surface area contributed by atoms with Crippen molar-refractivity contribution in [2.75, 3.05) is 39.8 Å². The van der Waals surface area contributed by atoms with Gasteiger partial charge in [-0.2, -0.15) is 11.3 Å². The molecule has 1 saturated carbocycles. The molecule has 0 radical (unpaired) electrons. The van der Waals surface area contributed by atoms with E-state index in [0.29, 0.717) is 12.6 Å². The first-order valence-corrected chi connectivity index (χ1v) is 10.2. The third-order valence-corrected chi connectivity index (χ3v) is 6.00. The molecule has 0 spiro atoms. The topological polar surface area (TPSA) is 47.6 Å². The molecule has 2 fully saturated rings.